The van der Waals surface area contributed by atoms with Crippen molar-refractivity contribution >= 4 is 10.8 Å². The lowest BCUT2D eigenvalue weighted by atomic mass is 9.65. The number of hydrogen-bond donors (Lipinski definition) is 0. The molecule has 2 atom stereocenters. The first-order valence-electron chi connectivity index (χ1n) is 10.9. The number of aryl methyl sites for hydroxylation is 3. The fraction of sp³-hybridized carbons (Fsp3) is 0.333. The fourth-order valence-electron chi connectivity index (χ4n) is 6.14. The number of fused-ring (bicyclic) bond motifs is 9. The molecule has 0 amide bonds. The minimum absolute atomic E-state index is 0.446. The highest BCUT2D eigenvalue weighted by Gasteiger charge is 2.48. The van der Waals surface area contributed by atoms with Crippen molar-refractivity contribution in [3.8, 4) is 0 Å². The second-order valence-corrected chi connectivity index (χ2v) is 9.06. The number of allylic oxidation sites excluding steroid dienone is 4. The van der Waals surface area contributed by atoms with Crippen LogP contribution in [0.15, 0.2) is 77.2 Å². The van der Waals surface area contributed by atoms with Crippen LogP contribution in [0.5, 0.6) is 0 Å². The zero-order valence-electron chi connectivity index (χ0n) is 17.6. The molecule has 3 aliphatic rings. The molecule has 2 nitrogen and oxygen atoms in total. The third-order valence-electron chi connectivity index (χ3n) is 7.67. The van der Waals surface area contributed by atoms with Gasteiger partial charge in [0.2, 0.25) is 0 Å². The summed E-state index contributed by atoms with van der Waals surface area (Å²) in [6.07, 6.45) is 6.96. The van der Waals surface area contributed by atoms with Crippen molar-refractivity contribution < 1.29 is 9.13 Å². The molecule has 2 aliphatic heterocycles. The van der Waals surface area contributed by atoms with E-state index in [2.05, 4.69) is 84.8 Å². The Labute approximate surface area is 172 Å². The summed E-state index contributed by atoms with van der Waals surface area (Å²) in [5.74, 6) is 0.904. The van der Waals surface area contributed by atoms with E-state index in [0.717, 1.165) is 13.1 Å². The Morgan fingerprint density at radius 3 is 2.28 bits per heavy atom. The summed E-state index contributed by atoms with van der Waals surface area (Å²) in [4.78, 5) is 0. The summed E-state index contributed by atoms with van der Waals surface area (Å²) in [5, 5.41) is 2.78. The van der Waals surface area contributed by atoms with Gasteiger partial charge in [-0.05, 0) is 60.1 Å². The molecule has 0 N–H and O–H groups in total. The van der Waals surface area contributed by atoms with E-state index in [9.17, 15) is 0 Å². The lowest BCUT2D eigenvalue weighted by molar-refractivity contribution is -0.714. The molecule has 0 saturated heterocycles. The van der Waals surface area contributed by atoms with E-state index in [1.165, 1.54) is 40.6 Å². The predicted octanol–water partition coefficient (Wildman–Crippen LogP) is 5.04. The number of nitrogens with zero attached hydrogens (tertiary/aromatic N) is 2. The molecule has 144 valence electrons. The van der Waals surface area contributed by atoms with Gasteiger partial charge in [-0.3, -0.25) is 0 Å². The van der Waals surface area contributed by atoms with Crippen molar-refractivity contribution in [1.29, 1.82) is 0 Å². The predicted molar refractivity (Wildman–Crippen MR) is 116 cm³/mol. The average molecular weight is 381 g/mol. The van der Waals surface area contributed by atoms with E-state index >= 15 is 0 Å². The molecular formula is C27H28N2+2. The molecule has 0 saturated carbocycles. The van der Waals surface area contributed by atoms with E-state index in [1.54, 1.807) is 22.3 Å². The lowest BCUT2D eigenvalue weighted by Gasteiger charge is -2.39. The van der Waals surface area contributed by atoms with Crippen LogP contribution in [0.25, 0.3) is 10.8 Å². The Morgan fingerprint density at radius 1 is 0.759 bits per heavy atom. The highest BCUT2D eigenvalue weighted by atomic mass is 15.0. The van der Waals surface area contributed by atoms with Crippen molar-refractivity contribution in [2.45, 2.75) is 58.5 Å². The topological polar surface area (TPSA) is 7.76 Å². The van der Waals surface area contributed by atoms with Gasteiger partial charge in [0.05, 0.1) is 11.8 Å². The minimum Gasteiger partial charge on any atom is -0.202 e. The largest absolute Gasteiger partial charge is 0.202 e. The first kappa shape index (κ1) is 17.1. The van der Waals surface area contributed by atoms with Gasteiger partial charge in [0.25, 0.3) is 0 Å². The fourth-order valence-corrected chi connectivity index (χ4v) is 6.14. The maximum atomic E-state index is 2.54. The van der Waals surface area contributed by atoms with Crippen LogP contribution in [-0.4, -0.2) is 0 Å². The molecule has 3 aromatic rings. The summed E-state index contributed by atoms with van der Waals surface area (Å²) >= 11 is 0. The first-order valence-corrected chi connectivity index (χ1v) is 10.9. The normalized spacial score (nSPS) is 22.9. The van der Waals surface area contributed by atoms with Gasteiger partial charge < -0.3 is 0 Å². The van der Waals surface area contributed by atoms with E-state index in [4.69, 9.17) is 0 Å². The quantitative estimate of drug-likeness (QED) is 0.483. The van der Waals surface area contributed by atoms with Crippen LogP contribution < -0.4 is 9.13 Å². The van der Waals surface area contributed by atoms with Crippen LogP contribution in [0, 0.1) is 6.92 Å². The van der Waals surface area contributed by atoms with E-state index < -0.39 is 0 Å². The van der Waals surface area contributed by atoms with Gasteiger partial charge in [0, 0.05) is 36.4 Å². The number of hydrogen-bond acceptors (Lipinski definition) is 0. The Balaban J connectivity index is 1.69. The maximum absolute atomic E-state index is 2.54. The van der Waals surface area contributed by atoms with E-state index in [1.807, 2.05) is 0 Å². The Hall–Kier alpha value is -2.74. The van der Waals surface area contributed by atoms with Gasteiger partial charge in [-0.25, -0.2) is 9.13 Å². The summed E-state index contributed by atoms with van der Waals surface area (Å²) in [6.45, 7) is 9.17. The summed E-state index contributed by atoms with van der Waals surface area (Å²) in [7, 11) is 0. The highest BCUT2D eigenvalue weighted by Crippen LogP contribution is 2.53. The van der Waals surface area contributed by atoms with Crippen LogP contribution in [0.3, 0.4) is 0 Å². The third-order valence-corrected chi connectivity index (χ3v) is 7.67. The monoisotopic (exact) mass is 380 g/mol. The van der Waals surface area contributed by atoms with E-state index in [-0.39, 0.29) is 0 Å². The van der Waals surface area contributed by atoms with Crippen molar-refractivity contribution in [3.05, 3.63) is 94.1 Å². The second kappa shape index (κ2) is 6.13. The molecule has 0 radical (unpaired) electrons. The zero-order chi connectivity index (χ0) is 19.7. The Kier molecular flexibility index (Phi) is 3.62. The second-order valence-electron chi connectivity index (χ2n) is 9.06. The molecule has 0 fully saturated rings. The van der Waals surface area contributed by atoms with Crippen molar-refractivity contribution in [3.63, 3.8) is 0 Å². The van der Waals surface area contributed by atoms with Gasteiger partial charge >= 0.3 is 0 Å². The van der Waals surface area contributed by atoms with Crippen LogP contribution in [0.2, 0.25) is 0 Å². The molecule has 1 aromatic carbocycles. The number of aromatic nitrogens is 2. The molecular weight excluding hydrogens is 352 g/mol. The minimum atomic E-state index is 0.446. The smallest absolute Gasteiger partial charge is 0.197 e. The van der Waals surface area contributed by atoms with Gasteiger partial charge in [-0.2, -0.15) is 0 Å². The zero-order valence-corrected chi connectivity index (χ0v) is 17.6. The van der Waals surface area contributed by atoms with E-state index in [0.29, 0.717) is 11.8 Å². The molecule has 6 rings (SSSR count). The van der Waals surface area contributed by atoms with Crippen LogP contribution in [-0.2, 0) is 13.1 Å². The molecule has 2 heteroatoms. The Bertz CT molecular complexity index is 1240. The third kappa shape index (κ3) is 2.35. The van der Waals surface area contributed by atoms with Crippen LogP contribution >= 0.6 is 0 Å². The van der Waals surface area contributed by atoms with Crippen molar-refractivity contribution in [2.75, 3.05) is 0 Å². The van der Waals surface area contributed by atoms with Gasteiger partial charge in [0.15, 0.2) is 36.9 Å². The SMILES string of the molecule is CC1=C2CC[n+]3ccc(C)cc3C2C2C(=C1C)CC[n+]1ccc3ccccc3c12. The maximum Gasteiger partial charge on any atom is 0.197 e. The average Bonchev–Trinajstić information content (AvgIpc) is 2.75. The molecule has 0 bridgehead atoms. The van der Waals surface area contributed by atoms with Crippen LogP contribution in [0.4, 0.5) is 0 Å². The van der Waals surface area contributed by atoms with Crippen molar-refractivity contribution in [2.24, 2.45) is 0 Å². The molecule has 2 aromatic heterocycles. The molecule has 2 unspecified atom stereocenters. The summed E-state index contributed by atoms with van der Waals surface area (Å²) in [5.41, 5.74) is 10.8. The standard InChI is InChI=1S/C27H28N2/c1-17-8-12-28-14-10-21-18(2)19(3)22-11-15-29-13-9-20-6-4-5-7-23(20)27(29)26(22)25(21)24(28)16-17/h4-9,12-13,16,25-26H,10-11,14-15H2,1-3H3/q+2. The van der Waals surface area contributed by atoms with Gasteiger partial charge in [-0.1, -0.05) is 18.2 Å². The highest BCUT2D eigenvalue weighted by molar-refractivity contribution is 5.84. The van der Waals surface area contributed by atoms with Crippen molar-refractivity contribution in [1.82, 2.24) is 0 Å². The molecule has 4 heterocycles. The number of rotatable bonds is 0. The molecule has 1 aliphatic carbocycles. The summed E-state index contributed by atoms with van der Waals surface area (Å²) in [6, 6.07) is 16.0. The Morgan fingerprint density at radius 2 is 1.45 bits per heavy atom. The van der Waals surface area contributed by atoms with Crippen LogP contribution in [0.1, 0.15) is 55.5 Å². The van der Waals surface area contributed by atoms with Gasteiger partial charge in [0.1, 0.15) is 0 Å². The first-order chi connectivity index (χ1) is 14.1. The lowest BCUT2D eigenvalue weighted by Crippen LogP contribution is -2.50. The number of benzene rings is 1. The molecule has 0 spiro atoms. The van der Waals surface area contributed by atoms with Gasteiger partial charge in [-0.15, -0.1) is 0 Å². The summed E-state index contributed by atoms with van der Waals surface area (Å²) < 4.78 is 5.05. The molecule has 29 heavy (non-hydrogen) atoms. The number of pyridine rings is 2.